The minimum Gasteiger partial charge on any atom is -0.330 e. The summed E-state index contributed by atoms with van der Waals surface area (Å²) in [5, 5.41) is 0. The topological polar surface area (TPSA) is 64.7 Å². The van der Waals surface area contributed by atoms with Crippen LogP contribution in [0.25, 0.3) is 11.3 Å². The van der Waals surface area contributed by atoms with Gasteiger partial charge in [0.2, 0.25) is 0 Å². The van der Waals surface area contributed by atoms with Crippen LogP contribution in [0.1, 0.15) is 5.82 Å². The predicted molar refractivity (Wildman–Crippen MR) is 58.0 cm³/mol. The molecular weight excluding hydrogens is 188 g/mol. The first-order valence-electron chi connectivity index (χ1n) is 4.82. The molecule has 2 N–H and O–H groups in total. The van der Waals surface area contributed by atoms with E-state index in [4.69, 9.17) is 5.73 Å². The fourth-order valence-corrected chi connectivity index (χ4v) is 1.32. The van der Waals surface area contributed by atoms with Crippen molar-refractivity contribution in [2.24, 2.45) is 5.73 Å². The minimum absolute atomic E-state index is 0.566. The zero-order chi connectivity index (χ0) is 10.5. The first-order chi connectivity index (χ1) is 7.40. The molecule has 0 aliphatic rings. The second-order valence-corrected chi connectivity index (χ2v) is 3.14. The summed E-state index contributed by atoms with van der Waals surface area (Å²) in [5.74, 6) is 0.777. The Morgan fingerprint density at radius 1 is 1.20 bits per heavy atom. The third-order valence-electron chi connectivity index (χ3n) is 2.03. The van der Waals surface area contributed by atoms with Crippen LogP contribution in [0.4, 0.5) is 0 Å². The van der Waals surface area contributed by atoms with Crippen molar-refractivity contribution in [1.82, 2.24) is 15.0 Å². The molecule has 0 spiro atoms. The Morgan fingerprint density at radius 2 is 2.13 bits per heavy atom. The van der Waals surface area contributed by atoms with Gasteiger partial charge in [-0.2, -0.15) is 0 Å². The highest BCUT2D eigenvalue weighted by Crippen LogP contribution is 2.14. The lowest BCUT2D eigenvalue weighted by atomic mass is 10.2. The van der Waals surface area contributed by atoms with Crippen LogP contribution in [-0.2, 0) is 6.42 Å². The van der Waals surface area contributed by atoms with Gasteiger partial charge in [0.15, 0.2) is 0 Å². The molecule has 0 aliphatic carbocycles. The molecule has 0 atom stereocenters. The molecule has 2 aromatic rings. The molecule has 0 saturated carbocycles. The second-order valence-electron chi connectivity index (χ2n) is 3.14. The van der Waals surface area contributed by atoms with Crippen molar-refractivity contribution in [2.75, 3.05) is 6.54 Å². The zero-order valence-corrected chi connectivity index (χ0v) is 8.30. The molecule has 4 heteroatoms. The molecule has 0 saturated heterocycles. The Balaban J connectivity index is 2.33. The summed E-state index contributed by atoms with van der Waals surface area (Å²) in [6.07, 6.45) is 5.98. The summed E-state index contributed by atoms with van der Waals surface area (Å²) in [5.41, 5.74) is 7.35. The van der Waals surface area contributed by atoms with Crippen LogP contribution in [0.2, 0.25) is 0 Å². The average Bonchev–Trinajstić information content (AvgIpc) is 2.31. The van der Waals surface area contributed by atoms with Gasteiger partial charge in [0, 0.05) is 30.6 Å². The van der Waals surface area contributed by atoms with Crippen LogP contribution in [0.5, 0.6) is 0 Å². The number of pyridine rings is 1. The van der Waals surface area contributed by atoms with Gasteiger partial charge in [-0.3, -0.25) is 4.98 Å². The van der Waals surface area contributed by atoms with Gasteiger partial charge in [-0.05, 0) is 24.7 Å². The highest BCUT2D eigenvalue weighted by molar-refractivity contribution is 5.56. The van der Waals surface area contributed by atoms with Gasteiger partial charge in [0.25, 0.3) is 0 Å². The van der Waals surface area contributed by atoms with E-state index in [-0.39, 0.29) is 0 Å². The van der Waals surface area contributed by atoms with Crippen LogP contribution in [-0.4, -0.2) is 21.5 Å². The van der Waals surface area contributed by atoms with Gasteiger partial charge in [-0.25, -0.2) is 9.97 Å². The molecule has 0 fully saturated rings. The van der Waals surface area contributed by atoms with Gasteiger partial charge in [0.1, 0.15) is 5.82 Å². The van der Waals surface area contributed by atoms with Crippen molar-refractivity contribution in [3.63, 3.8) is 0 Å². The van der Waals surface area contributed by atoms with E-state index in [0.29, 0.717) is 13.0 Å². The molecule has 15 heavy (non-hydrogen) atoms. The second kappa shape index (κ2) is 4.61. The van der Waals surface area contributed by atoms with Gasteiger partial charge in [0.05, 0.1) is 5.69 Å². The highest BCUT2D eigenvalue weighted by atomic mass is 14.9. The average molecular weight is 200 g/mol. The van der Waals surface area contributed by atoms with Crippen molar-refractivity contribution < 1.29 is 0 Å². The molecule has 0 amide bonds. The van der Waals surface area contributed by atoms with E-state index >= 15 is 0 Å². The molecule has 4 nitrogen and oxygen atoms in total. The van der Waals surface area contributed by atoms with Gasteiger partial charge in [-0.1, -0.05) is 0 Å². The number of rotatable bonds is 3. The molecule has 0 bridgehead atoms. The van der Waals surface area contributed by atoms with E-state index in [9.17, 15) is 0 Å². The highest BCUT2D eigenvalue weighted by Gasteiger charge is 2.00. The number of aromatic nitrogens is 3. The van der Waals surface area contributed by atoms with E-state index in [1.807, 2.05) is 18.2 Å². The maximum atomic E-state index is 5.46. The summed E-state index contributed by atoms with van der Waals surface area (Å²) < 4.78 is 0. The van der Waals surface area contributed by atoms with E-state index in [2.05, 4.69) is 15.0 Å². The first-order valence-corrected chi connectivity index (χ1v) is 4.82. The normalized spacial score (nSPS) is 10.2. The van der Waals surface area contributed by atoms with E-state index in [1.165, 1.54) is 0 Å². The summed E-state index contributed by atoms with van der Waals surface area (Å²) in [6, 6.07) is 5.73. The number of hydrogen-bond acceptors (Lipinski definition) is 4. The Kier molecular flexibility index (Phi) is 2.99. The Labute approximate surface area is 88.2 Å². The third kappa shape index (κ3) is 2.35. The lowest BCUT2D eigenvalue weighted by Gasteiger charge is -2.01. The monoisotopic (exact) mass is 200 g/mol. The van der Waals surface area contributed by atoms with Crippen LogP contribution in [0.15, 0.2) is 36.8 Å². The van der Waals surface area contributed by atoms with Crippen LogP contribution < -0.4 is 5.73 Å². The molecular formula is C11H12N4. The predicted octanol–water partition coefficient (Wildman–Crippen LogP) is 1.04. The maximum Gasteiger partial charge on any atom is 0.130 e. The first kappa shape index (κ1) is 9.73. The van der Waals surface area contributed by atoms with Crippen molar-refractivity contribution in [2.45, 2.75) is 6.42 Å². The van der Waals surface area contributed by atoms with Crippen LogP contribution in [0.3, 0.4) is 0 Å². The largest absolute Gasteiger partial charge is 0.330 e. The summed E-state index contributed by atoms with van der Waals surface area (Å²) >= 11 is 0. The Bertz CT molecular complexity index is 428. The molecule has 2 rings (SSSR count). The number of nitrogens with two attached hydrogens (primary N) is 1. The van der Waals surface area contributed by atoms with Crippen LogP contribution >= 0.6 is 0 Å². The number of hydrogen-bond donors (Lipinski definition) is 1. The quantitative estimate of drug-likeness (QED) is 0.804. The summed E-state index contributed by atoms with van der Waals surface area (Å²) in [7, 11) is 0. The van der Waals surface area contributed by atoms with Gasteiger partial charge >= 0.3 is 0 Å². The Morgan fingerprint density at radius 3 is 2.87 bits per heavy atom. The lowest BCUT2D eigenvalue weighted by Crippen LogP contribution is -2.06. The smallest absolute Gasteiger partial charge is 0.130 e. The van der Waals surface area contributed by atoms with Crippen molar-refractivity contribution in [3.8, 4) is 11.3 Å². The molecule has 0 aromatic carbocycles. The minimum atomic E-state index is 0.566. The lowest BCUT2D eigenvalue weighted by molar-refractivity contribution is 0.869. The third-order valence-corrected chi connectivity index (χ3v) is 2.03. The standard InChI is InChI=1S/C11H12N4/c12-5-3-11-14-7-4-10(15-11)9-2-1-6-13-8-9/h1-2,4,6-8H,3,5,12H2. The van der Waals surface area contributed by atoms with Crippen molar-refractivity contribution >= 4 is 0 Å². The van der Waals surface area contributed by atoms with Gasteiger partial charge < -0.3 is 5.73 Å². The maximum absolute atomic E-state index is 5.46. The molecule has 76 valence electrons. The molecule has 2 aromatic heterocycles. The van der Waals surface area contributed by atoms with Gasteiger partial charge in [-0.15, -0.1) is 0 Å². The van der Waals surface area contributed by atoms with E-state index in [1.54, 1.807) is 18.6 Å². The molecule has 0 unspecified atom stereocenters. The van der Waals surface area contributed by atoms with Crippen molar-refractivity contribution in [1.29, 1.82) is 0 Å². The van der Waals surface area contributed by atoms with Crippen molar-refractivity contribution in [3.05, 3.63) is 42.6 Å². The zero-order valence-electron chi connectivity index (χ0n) is 8.30. The summed E-state index contributed by atoms with van der Waals surface area (Å²) in [4.78, 5) is 12.6. The fraction of sp³-hybridized carbons (Fsp3) is 0.182. The Hall–Kier alpha value is -1.81. The van der Waals surface area contributed by atoms with E-state index in [0.717, 1.165) is 17.1 Å². The summed E-state index contributed by atoms with van der Waals surface area (Å²) in [6.45, 7) is 0.566. The van der Waals surface area contributed by atoms with Crippen LogP contribution in [0, 0.1) is 0 Å². The molecule has 0 aliphatic heterocycles. The molecule has 2 heterocycles. The fourth-order valence-electron chi connectivity index (χ4n) is 1.32. The number of nitrogens with zero attached hydrogens (tertiary/aromatic N) is 3. The molecule has 0 radical (unpaired) electrons. The van der Waals surface area contributed by atoms with E-state index < -0.39 is 0 Å². The SMILES string of the molecule is NCCc1nccc(-c2cccnc2)n1.